The minimum atomic E-state index is 0.244. The molecular formula is C15H21NO. The molecule has 2 unspecified atom stereocenters. The minimum absolute atomic E-state index is 0.244. The normalized spacial score (nSPS) is 21.2. The SMILES string of the molecule is CNC(C)c1ccccc1OC1C=CCCC1. The van der Waals surface area contributed by atoms with Gasteiger partial charge >= 0.3 is 0 Å². The fraction of sp³-hybridized carbons (Fsp3) is 0.467. The highest BCUT2D eigenvalue weighted by atomic mass is 16.5. The molecule has 0 fully saturated rings. The van der Waals surface area contributed by atoms with Gasteiger partial charge in [-0.25, -0.2) is 0 Å². The second-order valence-electron chi connectivity index (χ2n) is 4.56. The van der Waals surface area contributed by atoms with Crippen molar-refractivity contribution in [3.8, 4) is 5.75 Å². The van der Waals surface area contributed by atoms with E-state index in [9.17, 15) is 0 Å². The summed E-state index contributed by atoms with van der Waals surface area (Å²) >= 11 is 0. The maximum absolute atomic E-state index is 6.08. The minimum Gasteiger partial charge on any atom is -0.486 e. The van der Waals surface area contributed by atoms with Gasteiger partial charge in [-0.05, 0) is 45.4 Å². The zero-order valence-electron chi connectivity index (χ0n) is 10.6. The first kappa shape index (κ1) is 12.2. The smallest absolute Gasteiger partial charge is 0.124 e. The molecule has 2 nitrogen and oxygen atoms in total. The number of para-hydroxylation sites is 1. The van der Waals surface area contributed by atoms with Crippen LogP contribution in [0.2, 0.25) is 0 Å². The lowest BCUT2D eigenvalue weighted by Gasteiger charge is -2.22. The van der Waals surface area contributed by atoms with Crippen molar-refractivity contribution >= 4 is 0 Å². The van der Waals surface area contributed by atoms with Gasteiger partial charge < -0.3 is 10.1 Å². The lowest BCUT2D eigenvalue weighted by atomic mass is 10.0. The highest BCUT2D eigenvalue weighted by molar-refractivity contribution is 5.36. The molecule has 0 spiro atoms. The Bertz CT molecular complexity index is 386. The van der Waals surface area contributed by atoms with Gasteiger partial charge in [0.25, 0.3) is 0 Å². The molecule has 2 rings (SSSR count). The van der Waals surface area contributed by atoms with Crippen LogP contribution in [-0.4, -0.2) is 13.2 Å². The Hall–Kier alpha value is -1.28. The number of hydrogen-bond donors (Lipinski definition) is 1. The van der Waals surface area contributed by atoms with E-state index in [1.807, 2.05) is 13.1 Å². The summed E-state index contributed by atoms with van der Waals surface area (Å²) in [7, 11) is 1.97. The summed E-state index contributed by atoms with van der Waals surface area (Å²) in [5.74, 6) is 1.01. The number of benzene rings is 1. The van der Waals surface area contributed by atoms with Crippen LogP contribution in [0.5, 0.6) is 5.75 Å². The van der Waals surface area contributed by atoms with Crippen molar-refractivity contribution in [2.45, 2.75) is 38.3 Å². The maximum Gasteiger partial charge on any atom is 0.124 e. The van der Waals surface area contributed by atoms with Crippen molar-refractivity contribution in [1.29, 1.82) is 0 Å². The maximum atomic E-state index is 6.08. The molecule has 1 aromatic rings. The average molecular weight is 231 g/mol. The molecule has 1 aliphatic rings. The fourth-order valence-corrected chi connectivity index (χ4v) is 2.14. The van der Waals surface area contributed by atoms with Crippen LogP contribution in [0.15, 0.2) is 36.4 Å². The first-order valence-electron chi connectivity index (χ1n) is 6.41. The lowest BCUT2D eigenvalue weighted by Crippen LogP contribution is -2.19. The van der Waals surface area contributed by atoms with Gasteiger partial charge in [-0.15, -0.1) is 0 Å². The van der Waals surface area contributed by atoms with E-state index >= 15 is 0 Å². The summed E-state index contributed by atoms with van der Waals surface area (Å²) in [6.45, 7) is 2.15. The van der Waals surface area contributed by atoms with Crippen molar-refractivity contribution in [3.63, 3.8) is 0 Å². The monoisotopic (exact) mass is 231 g/mol. The molecule has 0 amide bonds. The van der Waals surface area contributed by atoms with E-state index in [0.29, 0.717) is 6.04 Å². The number of allylic oxidation sites excluding steroid dienone is 1. The van der Waals surface area contributed by atoms with E-state index in [1.54, 1.807) is 0 Å². The van der Waals surface area contributed by atoms with Gasteiger partial charge in [0.15, 0.2) is 0 Å². The van der Waals surface area contributed by atoms with Crippen LogP contribution >= 0.6 is 0 Å². The zero-order valence-corrected chi connectivity index (χ0v) is 10.6. The zero-order chi connectivity index (χ0) is 12.1. The van der Waals surface area contributed by atoms with E-state index in [4.69, 9.17) is 4.74 Å². The van der Waals surface area contributed by atoms with Crippen LogP contribution in [-0.2, 0) is 0 Å². The van der Waals surface area contributed by atoms with Gasteiger partial charge in [0, 0.05) is 11.6 Å². The summed E-state index contributed by atoms with van der Waals surface area (Å²) in [5.41, 5.74) is 1.23. The summed E-state index contributed by atoms with van der Waals surface area (Å²) in [6.07, 6.45) is 8.19. The highest BCUT2D eigenvalue weighted by Gasteiger charge is 2.14. The number of ether oxygens (including phenoxy) is 1. The van der Waals surface area contributed by atoms with Crippen LogP contribution in [0, 0.1) is 0 Å². The van der Waals surface area contributed by atoms with E-state index in [0.717, 1.165) is 12.2 Å². The standard InChI is InChI=1S/C15H21NO/c1-12(16-2)14-10-6-7-11-15(14)17-13-8-4-3-5-9-13/h4,6-8,10-13,16H,3,5,9H2,1-2H3. The van der Waals surface area contributed by atoms with Crippen molar-refractivity contribution in [3.05, 3.63) is 42.0 Å². The molecule has 92 valence electrons. The Morgan fingerprint density at radius 2 is 2.18 bits per heavy atom. The van der Waals surface area contributed by atoms with Gasteiger partial charge in [0.05, 0.1) is 0 Å². The first-order valence-corrected chi connectivity index (χ1v) is 6.41. The summed E-state index contributed by atoms with van der Waals surface area (Å²) in [4.78, 5) is 0. The van der Waals surface area contributed by atoms with Gasteiger partial charge in [0.1, 0.15) is 11.9 Å². The van der Waals surface area contributed by atoms with Crippen LogP contribution in [0.3, 0.4) is 0 Å². The highest BCUT2D eigenvalue weighted by Crippen LogP contribution is 2.27. The largest absolute Gasteiger partial charge is 0.486 e. The predicted octanol–water partition coefficient (Wildman–Crippen LogP) is 3.45. The molecule has 17 heavy (non-hydrogen) atoms. The van der Waals surface area contributed by atoms with Gasteiger partial charge in [-0.1, -0.05) is 24.3 Å². The molecule has 1 N–H and O–H groups in total. The van der Waals surface area contributed by atoms with Crippen molar-refractivity contribution in [2.24, 2.45) is 0 Å². The molecule has 0 heterocycles. The second-order valence-corrected chi connectivity index (χ2v) is 4.56. The Morgan fingerprint density at radius 1 is 1.35 bits per heavy atom. The molecule has 1 aliphatic carbocycles. The molecular weight excluding hydrogens is 210 g/mol. The van der Waals surface area contributed by atoms with E-state index in [-0.39, 0.29) is 6.10 Å². The van der Waals surface area contributed by atoms with E-state index in [1.165, 1.54) is 18.4 Å². The Labute approximate surface area is 104 Å². The fourth-order valence-electron chi connectivity index (χ4n) is 2.14. The van der Waals surface area contributed by atoms with Gasteiger partial charge in [-0.3, -0.25) is 0 Å². The van der Waals surface area contributed by atoms with Gasteiger partial charge in [0.2, 0.25) is 0 Å². The Kier molecular flexibility index (Phi) is 4.21. The molecule has 0 saturated carbocycles. The molecule has 0 radical (unpaired) electrons. The second kappa shape index (κ2) is 5.87. The first-order chi connectivity index (χ1) is 8.31. The number of nitrogens with one attached hydrogen (secondary N) is 1. The summed E-state index contributed by atoms with van der Waals surface area (Å²) in [6, 6.07) is 8.61. The van der Waals surface area contributed by atoms with Crippen LogP contribution in [0.25, 0.3) is 0 Å². The summed E-state index contributed by atoms with van der Waals surface area (Å²) < 4.78 is 6.08. The lowest BCUT2D eigenvalue weighted by molar-refractivity contribution is 0.226. The van der Waals surface area contributed by atoms with Crippen molar-refractivity contribution in [2.75, 3.05) is 7.05 Å². The topological polar surface area (TPSA) is 21.3 Å². The molecule has 0 saturated heterocycles. The molecule has 2 atom stereocenters. The Balaban J connectivity index is 2.14. The van der Waals surface area contributed by atoms with Crippen LogP contribution in [0.1, 0.15) is 37.8 Å². The van der Waals surface area contributed by atoms with Crippen LogP contribution < -0.4 is 10.1 Å². The van der Waals surface area contributed by atoms with E-state index < -0.39 is 0 Å². The van der Waals surface area contributed by atoms with E-state index in [2.05, 4.69) is 42.6 Å². The van der Waals surface area contributed by atoms with Crippen LogP contribution in [0.4, 0.5) is 0 Å². The predicted molar refractivity (Wildman–Crippen MR) is 71.3 cm³/mol. The molecule has 0 aromatic heterocycles. The van der Waals surface area contributed by atoms with Crippen molar-refractivity contribution in [1.82, 2.24) is 5.32 Å². The quantitative estimate of drug-likeness (QED) is 0.801. The number of hydrogen-bond acceptors (Lipinski definition) is 2. The Morgan fingerprint density at radius 3 is 2.88 bits per heavy atom. The summed E-state index contributed by atoms with van der Waals surface area (Å²) in [5, 5.41) is 3.26. The molecule has 1 aromatic carbocycles. The third kappa shape index (κ3) is 3.10. The van der Waals surface area contributed by atoms with Gasteiger partial charge in [-0.2, -0.15) is 0 Å². The third-order valence-corrected chi connectivity index (χ3v) is 3.31. The molecule has 2 heteroatoms. The number of rotatable bonds is 4. The molecule has 0 bridgehead atoms. The average Bonchev–Trinajstić information content (AvgIpc) is 2.40. The molecule has 0 aliphatic heterocycles. The van der Waals surface area contributed by atoms with Crippen molar-refractivity contribution < 1.29 is 4.74 Å². The third-order valence-electron chi connectivity index (χ3n) is 3.31.